The highest BCUT2D eigenvalue weighted by atomic mass is 16.5. The summed E-state index contributed by atoms with van der Waals surface area (Å²) in [6.45, 7) is 3.88. The van der Waals surface area contributed by atoms with Crippen LogP contribution in [0.1, 0.15) is 31.7 Å². The third-order valence-electron chi connectivity index (χ3n) is 4.56. The first-order valence-corrected chi connectivity index (χ1v) is 8.67. The maximum atomic E-state index is 12.8. The highest BCUT2D eigenvalue weighted by molar-refractivity contribution is 5.81. The molecule has 1 fully saturated rings. The zero-order chi connectivity index (χ0) is 16.8. The topological polar surface area (TPSA) is 47.4 Å². The van der Waals surface area contributed by atoms with Gasteiger partial charge in [-0.05, 0) is 37.8 Å². The lowest BCUT2D eigenvalue weighted by Crippen LogP contribution is -2.49. The third kappa shape index (κ3) is 4.23. The van der Waals surface area contributed by atoms with Crippen molar-refractivity contribution < 1.29 is 9.53 Å². The lowest BCUT2D eigenvalue weighted by molar-refractivity contribution is -0.147. The molecule has 2 aromatic rings. The van der Waals surface area contributed by atoms with Gasteiger partial charge in [-0.2, -0.15) is 5.10 Å². The van der Waals surface area contributed by atoms with Gasteiger partial charge >= 0.3 is 0 Å². The van der Waals surface area contributed by atoms with Crippen molar-refractivity contribution in [2.45, 2.75) is 51.5 Å². The van der Waals surface area contributed by atoms with Gasteiger partial charge in [-0.3, -0.25) is 9.48 Å². The summed E-state index contributed by atoms with van der Waals surface area (Å²) in [7, 11) is 0. The molecule has 0 N–H and O–H groups in total. The molecule has 1 aromatic heterocycles. The van der Waals surface area contributed by atoms with Crippen LogP contribution in [0.4, 0.5) is 0 Å². The van der Waals surface area contributed by atoms with Gasteiger partial charge in [0.1, 0.15) is 6.10 Å². The molecule has 2 atom stereocenters. The fraction of sp³-hybridized carbons (Fsp3) is 0.474. The van der Waals surface area contributed by atoms with Gasteiger partial charge in [-0.15, -0.1) is 0 Å². The van der Waals surface area contributed by atoms with Crippen LogP contribution >= 0.6 is 0 Å². The summed E-state index contributed by atoms with van der Waals surface area (Å²) in [5, 5.41) is 4.27. The average Bonchev–Trinajstić information content (AvgIpc) is 3.13. The van der Waals surface area contributed by atoms with Crippen molar-refractivity contribution in [2.75, 3.05) is 6.54 Å². The van der Waals surface area contributed by atoms with Crippen molar-refractivity contribution in [3.05, 3.63) is 54.4 Å². The van der Waals surface area contributed by atoms with Crippen LogP contribution in [0.15, 0.2) is 48.8 Å². The van der Waals surface area contributed by atoms with E-state index in [2.05, 4.69) is 5.10 Å². The van der Waals surface area contributed by atoms with Crippen LogP contribution in [-0.2, 0) is 22.7 Å². The lowest BCUT2D eigenvalue weighted by atomic mass is 10.0. The maximum absolute atomic E-state index is 12.8. The van der Waals surface area contributed by atoms with E-state index in [1.165, 1.54) is 0 Å². The fourth-order valence-electron chi connectivity index (χ4n) is 3.21. The number of rotatable bonds is 6. The number of nitrogens with zero attached hydrogens (tertiary/aromatic N) is 3. The van der Waals surface area contributed by atoms with E-state index in [9.17, 15) is 4.79 Å². The molecular weight excluding hydrogens is 302 g/mol. The average molecular weight is 327 g/mol. The molecule has 1 aliphatic rings. The van der Waals surface area contributed by atoms with Crippen LogP contribution < -0.4 is 0 Å². The largest absolute Gasteiger partial charge is 0.364 e. The molecule has 0 saturated carbocycles. The molecular formula is C19H25N3O2. The second-order valence-corrected chi connectivity index (χ2v) is 6.35. The molecule has 1 saturated heterocycles. The van der Waals surface area contributed by atoms with Gasteiger partial charge in [-0.25, -0.2) is 0 Å². The molecule has 2 heterocycles. The second-order valence-electron chi connectivity index (χ2n) is 6.35. The van der Waals surface area contributed by atoms with Crippen molar-refractivity contribution in [3.8, 4) is 0 Å². The number of aromatic nitrogens is 2. The van der Waals surface area contributed by atoms with Crippen molar-refractivity contribution in [1.29, 1.82) is 0 Å². The Morgan fingerprint density at radius 3 is 2.88 bits per heavy atom. The number of ether oxygens (including phenoxy) is 1. The SMILES string of the molecule is C[C@@H](OCc1ccccc1)C(=O)N1CCCC[C@@H]1Cn1cccn1. The van der Waals surface area contributed by atoms with E-state index in [-0.39, 0.29) is 11.9 Å². The van der Waals surface area contributed by atoms with Gasteiger partial charge in [0.25, 0.3) is 5.91 Å². The molecule has 128 valence electrons. The Hall–Kier alpha value is -2.14. The number of amides is 1. The minimum Gasteiger partial charge on any atom is -0.364 e. The Labute approximate surface area is 143 Å². The molecule has 3 rings (SSSR count). The van der Waals surface area contributed by atoms with Crippen LogP contribution in [0.2, 0.25) is 0 Å². The first kappa shape index (κ1) is 16.7. The quantitative estimate of drug-likeness (QED) is 0.819. The summed E-state index contributed by atoms with van der Waals surface area (Å²) in [5.74, 6) is 0.0859. The molecule has 0 spiro atoms. The molecule has 24 heavy (non-hydrogen) atoms. The smallest absolute Gasteiger partial charge is 0.251 e. The summed E-state index contributed by atoms with van der Waals surface area (Å²) in [6.07, 6.45) is 6.55. The van der Waals surface area contributed by atoms with Crippen LogP contribution in [0, 0.1) is 0 Å². The number of likely N-dealkylation sites (tertiary alicyclic amines) is 1. The molecule has 5 nitrogen and oxygen atoms in total. The maximum Gasteiger partial charge on any atom is 0.251 e. The number of carbonyl (C=O) groups is 1. The minimum atomic E-state index is -0.427. The third-order valence-corrected chi connectivity index (χ3v) is 4.56. The molecule has 0 aliphatic carbocycles. The summed E-state index contributed by atoms with van der Waals surface area (Å²) in [5.41, 5.74) is 1.09. The van der Waals surface area contributed by atoms with Crippen LogP contribution in [-0.4, -0.2) is 39.3 Å². The Kier molecular flexibility index (Phi) is 5.64. The summed E-state index contributed by atoms with van der Waals surface area (Å²) < 4.78 is 7.72. The first-order chi connectivity index (χ1) is 11.7. The zero-order valence-corrected chi connectivity index (χ0v) is 14.2. The Balaban J connectivity index is 1.58. The molecule has 0 radical (unpaired) electrons. The van der Waals surface area contributed by atoms with E-state index < -0.39 is 6.10 Å². The van der Waals surface area contributed by atoms with E-state index in [1.807, 2.05) is 59.1 Å². The van der Waals surface area contributed by atoms with E-state index in [0.717, 1.165) is 37.9 Å². The van der Waals surface area contributed by atoms with Gasteiger partial charge in [0.15, 0.2) is 0 Å². The van der Waals surface area contributed by atoms with Crippen molar-refractivity contribution >= 4 is 5.91 Å². The summed E-state index contributed by atoms with van der Waals surface area (Å²) >= 11 is 0. The Morgan fingerprint density at radius 1 is 1.29 bits per heavy atom. The van der Waals surface area contributed by atoms with Gasteiger partial charge in [0, 0.05) is 18.9 Å². The van der Waals surface area contributed by atoms with Gasteiger partial charge in [-0.1, -0.05) is 30.3 Å². The van der Waals surface area contributed by atoms with Crippen molar-refractivity contribution in [1.82, 2.24) is 14.7 Å². The number of carbonyl (C=O) groups excluding carboxylic acids is 1. The number of hydrogen-bond acceptors (Lipinski definition) is 3. The number of benzene rings is 1. The molecule has 0 unspecified atom stereocenters. The summed E-state index contributed by atoms with van der Waals surface area (Å²) in [4.78, 5) is 14.8. The highest BCUT2D eigenvalue weighted by Crippen LogP contribution is 2.20. The highest BCUT2D eigenvalue weighted by Gasteiger charge is 2.30. The van der Waals surface area contributed by atoms with E-state index in [1.54, 1.807) is 6.20 Å². The van der Waals surface area contributed by atoms with Gasteiger partial charge in [0.2, 0.25) is 0 Å². The van der Waals surface area contributed by atoms with Gasteiger partial charge < -0.3 is 9.64 Å². The van der Waals surface area contributed by atoms with E-state index in [0.29, 0.717) is 6.61 Å². The molecule has 1 aromatic carbocycles. The van der Waals surface area contributed by atoms with Crippen molar-refractivity contribution in [3.63, 3.8) is 0 Å². The van der Waals surface area contributed by atoms with Crippen molar-refractivity contribution in [2.24, 2.45) is 0 Å². The van der Waals surface area contributed by atoms with E-state index in [4.69, 9.17) is 4.74 Å². The lowest BCUT2D eigenvalue weighted by Gasteiger charge is -2.37. The fourth-order valence-corrected chi connectivity index (χ4v) is 3.21. The molecule has 5 heteroatoms. The Morgan fingerprint density at radius 2 is 2.12 bits per heavy atom. The van der Waals surface area contributed by atoms with Crippen LogP contribution in [0.3, 0.4) is 0 Å². The molecule has 0 bridgehead atoms. The first-order valence-electron chi connectivity index (χ1n) is 8.67. The molecule has 1 aliphatic heterocycles. The van der Waals surface area contributed by atoms with Gasteiger partial charge in [0.05, 0.1) is 19.2 Å². The number of hydrogen-bond donors (Lipinski definition) is 0. The van der Waals surface area contributed by atoms with Crippen LogP contribution in [0.25, 0.3) is 0 Å². The predicted molar refractivity (Wildman–Crippen MR) is 92.3 cm³/mol. The second kappa shape index (κ2) is 8.11. The normalized spacial score (nSPS) is 19.2. The monoisotopic (exact) mass is 327 g/mol. The standard InChI is InChI=1S/C19H25N3O2/c1-16(24-15-17-8-3-2-4-9-17)19(23)22-13-6-5-10-18(22)14-21-12-7-11-20-21/h2-4,7-9,11-12,16,18H,5-6,10,13-15H2,1H3/t16-,18-/m1/s1. The predicted octanol–water partition coefficient (Wildman–Crippen LogP) is 2.87. The van der Waals surface area contributed by atoms with Crippen LogP contribution in [0.5, 0.6) is 0 Å². The summed E-state index contributed by atoms with van der Waals surface area (Å²) in [6, 6.07) is 12.1. The minimum absolute atomic E-state index is 0.0859. The number of piperidine rings is 1. The Bertz CT molecular complexity index is 627. The zero-order valence-electron chi connectivity index (χ0n) is 14.2. The molecule has 1 amide bonds. The van der Waals surface area contributed by atoms with E-state index >= 15 is 0 Å².